The minimum Gasteiger partial charge on any atom is -0.486 e. The molecule has 1 unspecified atom stereocenters. The lowest BCUT2D eigenvalue weighted by atomic mass is 10.0. The van der Waals surface area contributed by atoms with Gasteiger partial charge in [-0.05, 0) is 25.0 Å². The van der Waals surface area contributed by atoms with Crippen molar-refractivity contribution in [1.82, 2.24) is 9.97 Å². The van der Waals surface area contributed by atoms with E-state index in [1.54, 1.807) is 0 Å². The Labute approximate surface area is 141 Å². The van der Waals surface area contributed by atoms with Crippen LogP contribution in [0.3, 0.4) is 0 Å². The van der Waals surface area contributed by atoms with Crippen molar-refractivity contribution in [3.05, 3.63) is 41.6 Å². The number of nitrogens with zero attached hydrogens (tertiary/aromatic N) is 3. The lowest BCUT2D eigenvalue weighted by Gasteiger charge is -2.40. The van der Waals surface area contributed by atoms with E-state index >= 15 is 0 Å². The first-order chi connectivity index (χ1) is 11.7. The van der Waals surface area contributed by atoms with E-state index in [1.807, 2.05) is 24.3 Å². The summed E-state index contributed by atoms with van der Waals surface area (Å²) in [5, 5.41) is 0. The molecule has 0 saturated carbocycles. The van der Waals surface area contributed by atoms with Crippen LogP contribution in [0.15, 0.2) is 30.3 Å². The van der Waals surface area contributed by atoms with Gasteiger partial charge in [-0.15, -0.1) is 0 Å². The molecule has 2 saturated heterocycles. The smallest absolute Gasteiger partial charge is 0.222 e. The molecule has 0 aliphatic carbocycles. The van der Waals surface area contributed by atoms with Crippen molar-refractivity contribution in [2.24, 2.45) is 0 Å². The van der Waals surface area contributed by atoms with Gasteiger partial charge >= 0.3 is 0 Å². The fourth-order valence-corrected chi connectivity index (χ4v) is 3.18. The number of nitrogens with two attached hydrogens (primary N) is 1. The fraction of sp³-hybridized carbons (Fsp3) is 0.444. The zero-order valence-electron chi connectivity index (χ0n) is 13.8. The first-order valence-corrected chi connectivity index (χ1v) is 8.38. The highest BCUT2D eigenvalue weighted by Crippen LogP contribution is 2.29. The Morgan fingerprint density at radius 3 is 2.83 bits per heavy atom. The standard InChI is InChI=1S/C18H22N4O2/c1-12-4-2-3-5-16(12)24-14-9-22(10-14)17-8-15(20-18(19)21-17)13-6-7-23-11-13/h2-5,8,13-14H,6-7,9-11H2,1H3,(H2,19,20,21). The van der Waals surface area contributed by atoms with Crippen LogP contribution in [0.4, 0.5) is 11.8 Å². The van der Waals surface area contributed by atoms with Gasteiger partial charge in [-0.25, -0.2) is 4.98 Å². The second kappa shape index (κ2) is 6.28. The molecule has 4 rings (SSSR count). The molecule has 24 heavy (non-hydrogen) atoms. The van der Waals surface area contributed by atoms with Crippen molar-refractivity contribution in [2.75, 3.05) is 36.9 Å². The van der Waals surface area contributed by atoms with Crippen LogP contribution >= 0.6 is 0 Å². The normalized spacial score (nSPS) is 20.9. The minimum atomic E-state index is 0.181. The van der Waals surface area contributed by atoms with E-state index in [-0.39, 0.29) is 6.10 Å². The molecule has 6 nitrogen and oxygen atoms in total. The molecule has 2 fully saturated rings. The lowest BCUT2D eigenvalue weighted by Crippen LogP contribution is -2.54. The van der Waals surface area contributed by atoms with Crippen molar-refractivity contribution in [2.45, 2.75) is 25.4 Å². The summed E-state index contributed by atoms with van der Waals surface area (Å²) in [5.74, 6) is 2.49. The third-order valence-corrected chi connectivity index (χ3v) is 4.66. The third kappa shape index (κ3) is 3.01. The number of anilines is 2. The molecule has 1 aromatic heterocycles. The van der Waals surface area contributed by atoms with Gasteiger partial charge in [0.1, 0.15) is 17.7 Å². The number of aromatic nitrogens is 2. The first kappa shape index (κ1) is 15.2. The molecule has 0 bridgehead atoms. The molecule has 6 heteroatoms. The van der Waals surface area contributed by atoms with Crippen LogP contribution in [0.1, 0.15) is 23.6 Å². The number of benzene rings is 1. The SMILES string of the molecule is Cc1ccccc1OC1CN(c2cc(C3CCOC3)nc(N)n2)C1. The minimum absolute atomic E-state index is 0.181. The van der Waals surface area contributed by atoms with Crippen molar-refractivity contribution in [1.29, 1.82) is 0 Å². The Morgan fingerprint density at radius 1 is 1.25 bits per heavy atom. The Morgan fingerprint density at radius 2 is 2.08 bits per heavy atom. The molecule has 2 aliphatic rings. The quantitative estimate of drug-likeness (QED) is 0.928. The number of nitrogen functional groups attached to an aromatic ring is 1. The van der Waals surface area contributed by atoms with Gasteiger partial charge in [0.05, 0.1) is 25.4 Å². The van der Waals surface area contributed by atoms with E-state index in [0.717, 1.165) is 55.5 Å². The van der Waals surface area contributed by atoms with Crippen LogP contribution in [0, 0.1) is 6.92 Å². The van der Waals surface area contributed by atoms with Gasteiger partial charge in [0.15, 0.2) is 0 Å². The van der Waals surface area contributed by atoms with Gasteiger partial charge in [0.25, 0.3) is 0 Å². The Bertz CT molecular complexity index is 725. The number of ether oxygens (including phenoxy) is 2. The number of rotatable bonds is 4. The van der Waals surface area contributed by atoms with Crippen LogP contribution in [-0.4, -0.2) is 42.4 Å². The summed E-state index contributed by atoms with van der Waals surface area (Å²) in [6.07, 6.45) is 1.18. The lowest BCUT2D eigenvalue weighted by molar-refractivity contribution is 0.165. The molecule has 1 atom stereocenters. The van der Waals surface area contributed by atoms with E-state index in [9.17, 15) is 0 Å². The third-order valence-electron chi connectivity index (χ3n) is 4.66. The molecule has 2 aliphatic heterocycles. The van der Waals surface area contributed by atoms with Crippen molar-refractivity contribution < 1.29 is 9.47 Å². The Kier molecular flexibility index (Phi) is 3.98. The molecule has 1 aromatic carbocycles. The average Bonchev–Trinajstić information content (AvgIpc) is 3.06. The monoisotopic (exact) mass is 326 g/mol. The summed E-state index contributed by atoms with van der Waals surface area (Å²) >= 11 is 0. The average molecular weight is 326 g/mol. The van der Waals surface area contributed by atoms with Crippen LogP contribution in [0.5, 0.6) is 5.75 Å². The van der Waals surface area contributed by atoms with Crippen LogP contribution in [0.25, 0.3) is 0 Å². The first-order valence-electron chi connectivity index (χ1n) is 8.38. The molecule has 2 N–H and O–H groups in total. The van der Waals surface area contributed by atoms with Gasteiger partial charge in [0, 0.05) is 18.6 Å². The van der Waals surface area contributed by atoms with E-state index in [1.165, 1.54) is 0 Å². The predicted molar refractivity (Wildman–Crippen MR) is 92.4 cm³/mol. The maximum atomic E-state index is 6.06. The second-order valence-electron chi connectivity index (χ2n) is 6.48. The Hall–Kier alpha value is -2.34. The van der Waals surface area contributed by atoms with Crippen LogP contribution in [-0.2, 0) is 4.74 Å². The summed E-state index contributed by atoms with van der Waals surface area (Å²) in [6.45, 7) is 5.19. The predicted octanol–water partition coefficient (Wildman–Crippen LogP) is 2.14. The van der Waals surface area contributed by atoms with Crippen LogP contribution in [0.2, 0.25) is 0 Å². The van der Waals surface area contributed by atoms with E-state index in [0.29, 0.717) is 11.9 Å². The molecular weight excluding hydrogens is 304 g/mol. The fourth-order valence-electron chi connectivity index (χ4n) is 3.18. The number of para-hydroxylation sites is 1. The largest absolute Gasteiger partial charge is 0.486 e. The molecule has 126 valence electrons. The molecule has 2 aromatic rings. The summed E-state index contributed by atoms with van der Waals surface area (Å²) < 4.78 is 11.5. The molecule has 0 amide bonds. The zero-order chi connectivity index (χ0) is 16.5. The summed E-state index contributed by atoms with van der Waals surface area (Å²) in [7, 11) is 0. The second-order valence-corrected chi connectivity index (χ2v) is 6.48. The zero-order valence-corrected chi connectivity index (χ0v) is 13.8. The maximum absolute atomic E-state index is 6.06. The van der Waals surface area contributed by atoms with Crippen molar-refractivity contribution >= 4 is 11.8 Å². The topological polar surface area (TPSA) is 73.5 Å². The summed E-state index contributed by atoms with van der Waals surface area (Å²) in [4.78, 5) is 10.9. The molecule has 0 radical (unpaired) electrons. The van der Waals surface area contributed by atoms with E-state index in [2.05, 4.69) is 27.9 Å². The van der Waals surface area contributed by atoms with Gasteiger partial charge in [-0.1, -0.05) is 18.2 Å². The van der Waals surface area contributed by atoms with Gasteiger partial charge < -0.3 is 20.1 Å². The van der Waals surface area contributed by atoms with E-state index in [4.69, 9.17) is 15.2 Å². The van der Waals surface area contributed by atoms with Gasteiger partial charge in [-0.2, -0.15) is 4.98 Å². The molecular formula is C18H22N4O2. The van der Waals surface area contributed by atoms with Gasteiger partial charge in [-0.3, -0.25) is 0 Å². The van der Waals surface area contributed by atoms with Gasteiger partial charge in [0.2, 0.25) is 5.95 Å². The van der Waals surface area contributed by atoms with Crippen LogP contribution < -0.4 is 15.4 Å². The Balaban J connectivity index is 1.42. The van der Waals surface area contributed by atoms with Crippen molar-refractivity contribution in [3.8, 4) is 5.75 Å². The highest BCUT2D eigenvalue weighted by molar-refractivity contribution is 5.47. The van der Waals surface area contributed by atoms with E-state index < -0.39 is 0 Å². The maximum Gasteiger partial charge on any atom is 0.222 e. The highest BCUT2D eigenvalue weighted by atomic mass is 16.5. The summed E-state index contributed by atoms with van der Waals surface area (Å²) in [5.41, 5.74) is 8.04. The summed E-state index contributed by atoms with van der Waals surface area (Å²) in [6, 6.07) is 10.1. The van der Waals surface area contributed by atoms with Crippen molar-refractivity contribution in [3.63, 3.8) is 0 Å². The molecule has 3 heterocycles. The highest BCUT2D eigenvalue weighted by Gasteiger charge is 2.31. The number of aryl methyl sites for hydroxylation is 1. The number of hydrogen-bond acceptors (Lipinski definition) is 6. The molecule has 0 spiro atoms. The number of hydrogen-bond donors (Lipinski definition) is 1.